The van der Waals surface area contributed by atoms with Crippen molar-refractivity contribution in [3.05, 3.63) is 175 Å². The number of benzene rings is 7. The Bertz CT molecular complexity index is 2830. The average molecular weight is 652 g/mol. The molecule has 0 bridgehead atoms. The van der Waals surface area contributed by atoms with Crippen LogP contribution in [-0.2, 0) is 5.41 Å². The largest absolute Gasteiger partial charge is 0.264 e. The molecule has 7 aromatic carbocycles. The van der Waals surface area contributed by atoms with Gasteiger partial charge in [0.15, 0.2) is 5.82 Å². The lowest BCUT2D eigenvalue weighted by molar-refractivity contribution is 0.666. The summed E-state index contributed by atoms with van der Waals surface area (Å²) in [6, 6.07) is 54.4. The third kappa shape index (κ3) is 4.62. The van der Waals surface area contributed by atoms with Crippen LogP contribution in [0.15, 0.2) is 164 Å². The van der Waals surface area contributed by atoms with Crippen LogP contribution in [0.3, 0.4) is 0 Å². The van der Waals surface area contributed by atoms with Gasteiger partial charge in [-0.25, -0.2) is 9.97 Å². The van der Waals surface area contributed by atoms with E-state index < -0.39 is 0 Å². The summed E-state index contributed by atoms with van der Waals surface area (Å²) in [7, 11) is 0. The highest BCUT2D eigenvalue weighted by atomic mass is 14.9. The maximum absolute atomic E-state index is 5.26. The minimum Gasteiger partial charge on any atom is -0.264 e. The molecule has 10 rings (SSSR count). The predicted octanol–water partition coefficient (Wildman–Crippen LogP) is 12.3. The summed E-state index contributed by atoms with van der Waals surface area (Å²) in [5.41, 5.74) is 12.6. The first kappa shape index (κ1) is 29.5. The van der Waals surface area contributed by atoms with Crippen LogP contribution in [0.4, 0.5) is 0 Å². The molecule has 0 aliphatic heterocycles. The second-order valence-electron chi connectivity index (χ2n) is 14.0. The van der Waals surface area contributed by atoms with Gasteiger partial charge in [-0.2, -0.15) is 0 Å². The first-order valence-corrected chi connectivity index (χ1v) is 17.5. The minimum atomic E-state index is -0.127. The molecule has 0 amide bonds. The molecule has 3 nitrogen and oxygen atoms in total. The summed E-state index contributed by atoms with van der Waals surface area (Å²) < 4.78 is 0. The monoisotopic (exact) mass is 651 g/mol. The van der Waals surface area contributed by atoms with Crippen LogP contribution in [0.1, 0.15) is 25.0 Å². The van der Waals surface area contributed by atoms with E-state index in [4.69, 9.17) is 9.97 Å². The highest BCUT2D eigenvalue weighted by Crippen LogP contribution is 2.55. The van der Waals surface area contributed by atoms with Gasteiger partial charge in [0, 0.05) is 39.9 Å². The van der Waals surface area contributed by atoms with Crippen molar-refractivity contribution in [1.29, 1.82) is 0 Å². The first-order chi connectivity index (χ1) is 25.0. The molecule has 2 heterocycles. The van der Waals surface area contributed by atoms with Gasteiger partial charge in [0.05, 0.1) is 11.4 Å². The van der Waals surface area contributed by atoms with Crippen molar-refractivity contribution in [2.75, 3.05) is 0 Å². The topological polar surface area (TPSA) is 38.7 Å². The Balaban J connectivity index is 1.19. The lowest BCUT2D eigenvalue weighted by Crippen LogP contribution is -2.15. The summed E-state index contributed by atoms with van der Waals surface area (Å²) in [4.78, 5) is 14.9. The van der Waals surface area contributed by atoms with E-state index in [1.54, 1.807) is 0 Å². The normalized spacial score (nSPS) is 13.1. The van der Waals surface area contributed by atoms with Crippen molar-refractivity contribution in [1.82, 2.24) is 15.0 Å². The number of fused-ring (bicyclic) bond motifs is 7. The SMILES string of the molecule is CC1(C)c2cccc(-c3ccc(-c4nc(-c5ccccc5)cc(-c5ccc6ccncc6c5)n4)c4ccccc34)c2-c2ccc3ccccc3c21. The van der Waals surface area contributed by atoms with Crippen molar-refractivity contribution in [3.63, 3.8) is 0 Å². The predicted molar refractivity (Wildman–Crippen MR) is 212 cm³/mol. The second kappa shape index (κ2) is 11.3. The minimum absolute atomic E-state index is 0.127. The van der Waals surface area contributed by atoms with Gasteiger partial charge in [-0.05, 0) is 84.6 Å². The number of aromatic nitrogens is 3. The smallest absolute Gasteiger partial charge is 0.161 e. The van der Waals surface area contributed by atoms with Crippen LogP contribution in [0.25, 0.3) is 88.5 Å². The highest BCUT2D eigenvalue weighted by Gasteiger charge is 2.38. The van der Waals surface area contributed by atoms with Crippen molar-refractivity contribution in [2.24, 2.45) is 0 Å². The number of pyridine rings is 1. The van der Waals surface area contributed by atoms with E-state index in [1.807, 2.05) is 24.5 Å². The summed E-state index contributed by atoms with van der Waals surface area (Å²) in [6.07, 6.45) is 3.74. The number of hydrogen-bond acceptors (Lipinski definition) is 3. The van der Waals surface area contributed by atoms with Gasteiger partial charge >= 0.3 is 0 Å². The third-order valence-corrected chi connectivity index (χ3v) is 10.7. The van der Waals surface area contributed by atoms with E-state index >= 15 is 0 Å². The number of rotatable bonds is 4. The summed E-state index contributed by atoms with van der Waals surface area (Å²) in [5.74, 6) is 0.705. The maximum atomic E-state index is 5.26. The van der Waals surface area contributed by atoms with Crippen molar-refractivity contribution >= 4 is 32.3 Å². The van der Waals surface area contributed by atoms with E-state index in [2.05, 4.69) is 158 Å². The zero-order valence-electron chi connectivity index (χ0n) is 28.4. The van der Waals surface area contributed by atoms with Crippen LogP contribution in [-0.4, -0.2) is 15.0 Å². The van der Waals surface area contributed by atoms with Gasteiger partial charge in [0.2, 0.25) is 0 Å². The summed E-state index contributed by atoms with van der Waals surface area (Å²) in [5, 5.41) is 7.16. The van der Waals surface area contributed by atoms with Gasteiger partial charge in [0.25, 0.3) is 0 Å². The maximum Gasteiger partial charge on any atom is 0.161 e. The number of hydrogen-bond donors (Lipinski definition) is 0. The van der Waals surface area contributed by atoms with Crippen molar-refractivity contribution in [2.45, 2.75) is 19.3 Å². The Labute approximate surface area is 297 Å². The van der Waals surface area contributed by atoms with E-state index in [0.29, 0.717) is 5.82 Å². The fraction of sp³-hybridized carbons (Fsp3) is 0.0625. The molecule has 1 aliphatic rings. The van der Waals surface area contributed by atoms with Crippen molar-refractivity contribution < 1.29 is 0 Å². The van der Waals surface area contributed by atoms with Crippen LogP contribution in [0, 0.1) is 0 Å². The lowest BCUT2D eigenvalue weighted by Gasteiger charge is -2.23. The molecule has 3 heteroatoms. The molecule has 1 aliphatic carbocycles. The summed E-state index contributed by atoms with van der Waals surface area (Å²) >= 11 is 0. The molecular formula is C48H33N3. The zero-order chi connectivity index (χ0) is 34.1. The molecule has 0 saturated heterocycles. The Morgan fingerprint density at radius 3 is 1.98 bits per heavy atom. The van der Waals surface area contributed by atoms with Gasteiger partial charge in [-0.1, -0.05) is 141 Å². The van der Waals surface area contributed by atoms with Crippen LogP contribution in [0.2, 0.25) is 0 Å². The van der Waals surface area contributed by atoms with Gasteiger partial charge in [-0.15, -0.1) is 0 Å². The number of nitrogens with zero attached hydrogens (tertiary/aromatic N) is 3. The van der Waals surface area contributed by atoms with E-state index in [0.717, 1.165) is 44.2 Å². The van der Waals surface area contributed by atoms with Crippen LogP contribution >= 0.6 is 0 Å². The van der Waals surface area contributed by atoms with Gasteiger partial charge < -0.3 is 0 Å². The van der Waals surface area contributed by atoms with Gasteiger partial charge in [-0.3, -0.25) is 4.98 Å². The van der Waals surface area contributed by atoms with Crippen molar-refractivity contribution in [3.8, 4) is 56.2 Å². The summed E-state index contributed by atoms with van der Waals surface area (Å²) in [6.45, 7) is 4.74. The Kier molecular flexibility index (Phi) is 6.53. The Morgan fingerprint density at radius 2 is 1.14 bits per heavy atom. The van der Waals surface area contributed by atoms with E-state index in [1.165, 1.54) is 49.5 Å². The Hall–Kier alpha value is -6.45. The Morgan fingerprint density at radius 1 is 0.451 bits per heavy atom. The molecule has 0 fully saturated rings. The molecule has 0 unspecified atom stereocenters. The second-order valence-corrected chi connectivity index (χ2v) is 14.0. The first-order valence-electron chi connectivity index (χ1n) is 17.5. The fourth-order valence-corrected chi connectivity index (χ4v) is 8.32. The highest BCUT2D eigenvalue weighted by molar-refractivity contribution is 6.09. The molecule has 0 radical (unpaired) electrons. The fourth-order valence-electron chi connectivity index (χ4n) is 8.32. The molecule has 0 atom stereocenters. The molecule has 0 spiro atoms. The van der Waals surface area contributed by atoms with Crippen LogP contribution < -0.4 is 0 Å². The molecule has 0 N–H and O–H groups in total. The standard InChI is InChI=1S/C48H33N3/c1-48(2)42-18-10-17-39(45(42)41-22-21-31-11-6-7-14-35(31)46(41)48)38-23-24-40(37-16-9-8-15-36(37)38)47-50-43(32-12-4-3-5-13-32)28-44(51-47)33-20-19-30-25-26-49-29-34(30)27-33/h3-29H,1-2H3. The molecule has 240 valence electrons. The average Bonchev–Trinajstić information content (AvgIpc) is 3.44. The van der Waals surface area contributed by atoms with E-state index in [-0.39, 0.29) is 5.41 Å². The molecular weight excluding hydrogens is 619 g/mol. The third-order valence-electron chi connectivity index (χ3n) is 10.7. The van der Waals surface area contributed by atoms with Crippen LogP contribution in [0.5, 0.6) is 0 Å². The van der Waals surface area contributed by atoms with E-state index in [9.17, 15) is 0 Å². The molecule has 51 heavy (non-hydrogen) atoms. The quantitative estimate of drug-likeness (QED) is 0.190. The molecule has 0 saturated carbocycles. The van der Waals surface area contributed by atoms with Gasteiger partial charge in [0.1, 0.15) is 0 Å². The lowest BCUT2D eigenvalue weighted by atomic mass is 9.80. The zero-order valence-corrected chi connectivity index (χ0v) is 28.4. The molecule has 9 aromatic rings. The molecule has 2 aromatic heterocycles.